The molecule has 1 unspecified atom stereocenters. The molecule has 1 heterocycles. The third-order valence-corrected chi connectivity index (χ3v) is 5.27. The standard InChI is InChI=1S/C26H25FN2O4/c1-18-26(31)29(14-5-15-32-22-6-3-2-4-7-22)23-17-21(12-13-24(23)33-18)28-25(30)16-19-8-10-20(27)11-9-19/h2-4,6-13,17-18H,5,14-16H2,1H3,(H,28,30). The number of carbonyl (C=O) groups is 2. The lowest BCUT2D eigenvalue weighted by Crippen LogP contribution is -2.45. The van der Waals surface area contributed by atoms with Crippen molar-refractivity contribution >= 4 is 23.2 Å². The van der Waals surface area contributed by atoms with Gasteiger partial charge >= 0.3 is 0 Å². The highest BCUT2D eigenvalue weighted by Crippen LogP contribution is 2.36. The van der Waals surface area contributed by atoms with E-state index in [-0.39, 0.29) is 24.1 Å². The van der Waals surface area contributed by atoms with Gasteiger partial charge in [0.15, 0.2) is 6.10 Å². The number of para-hydroxylation sites is 1. The fourth-order valence-corrected chi connectivity index (χ4v) is 3.64. The number of anilines is 2. The molecular formula is C26H25FN2O4. The van der Waals surface area contributed by atoms with Crippen LogP contribution >= 0.6 is 0 Å². The normalized spacial score (nSPS) is 14.9. The summed E-state index contributed by atoms with van der Waals surface area (Å²) in [5, 5.41) is 2.84. The molecule has 0 saturated heterocycles. The molecule has 1 atom stereocenters. The van der Waals surface area contributed by atoms with Gasteiger partial charge < -0.3 is 19.7 Å². The summed E-state index contributed by atoms with van der Waals surface area (Å²) in [6.07, 6.45) is 0.157. The second kappa shape index (κ2) is 10.2. The van der Waals surface area contributed by atoms with Crippen molar-refractivity contribution in [3.05, 3.63) is 84.2 Å². The van der Waals surface area contributed by atoms with Crippen molar-refractivity contribution in [2.24, 2.45) is 0 Å². The van der Waals surface area contributed by atoms with Gasteiger partial charge in [-0.05, 0) is 61.4 Å². The van der Waals surface area contributed by atoms with Crippen molar-refractivity contribution in [2.45, 2.75) is 25.9 Å². The molecule has 3 aromatic rings. The zero-order chi connectivity index (χ0) is 23.2. The van der Waals surface area contributed by atoms with Crippen LogP contribution in [-0.4, -0.2) is 31.1 Å². The summed E-state index contributed by atoms with van der Waals surface area (Å²) in [6.45, 7) is 2.64. The van der Waals surface area contributed by atoms with Gasteiger partial charge in [-0.2, -0.15) is 0 Å². The van der Waals surface area contributed by atoms with Crippen LogP contribution in [-0.2, 0) is 16.0 Å². The quantitative estimate of drug-likeness (QED) is 0.512. The van der Waals surface area contributed by atoms with E-state index >= 15 is 0 Å². The summed E-state index contributed by atoms with van der Waals surface area (Å²) < 4.78 is 24.6. The molecule has 3 aromatic carbocycles. The number of hydrogen-bond acceptors (Lipinski definition) is 4. The lowest BCUT2D eigenvalue weighted by molar-refractivity contribution is -0.125. The smallest absolute Gasteiger partial charge is 0.267 e. The van der Waals surface area contributed by atoms with Gasteiger partial charge in [-0.25, -0.2) is 4.39 Å². The van der Waals surface area contributed by atoms with Gasteiger partial charge in [0.05, 0.1) is 18.7 Å². The van der Waals surface area contributed by atoms with Crippen LogP contribution in [0.2, 0.25) is 0 Å². The number of nitrogens with zero attached hydrogens (tertiary/aromatic N) is 1. The Balaban J connectivity index is 1.41. The van der Waals surface area contributed by atoms with E-state index in [0.717, 1.165) is 5.75 Å². The molecular weight excluding hydrogens is 423 g/mol. The zero-order valence-corrected chi connectivity index (χ0v) is 18.3. The van der Waals surface area contributed by atoms with Crippen molar-refractivity contribution < 1.29 is 23.5 Å². The van der Waals surface area contributed by atoms with Crippen LogP contribution in [0.15, 0.2) is 72.8 Å². The number of amides is 2. The monoisotopic (exact) mass is 448 g/mol. The maximum absolute atomic E-state index is 13.1. The maximum Gasteiger partial charge on any atom is 0.267 e. The molecule has 170 valence electrons. The third-order valence-electron chi connectivity index (χ3n) is 5.27. The Labute approximate surface area is 191 Å². The summed E-state index contributed by atoms with van der Waals surface area (Å²) in [6, 6.07) is 20.5. The van der Waals surface area contributed by atoms with Crippen LogP contribution in [0, 0.1) is 5.82 Å². The van der Waals surface area contributed by atoms with Crippen molar-refractivity contribution in [3.8, 4) is 11.5 Å². The van der Waals surface area contributed by atoms with Crippen LogP contribution < -0.4 is 19.7 Å². The van der Waals surface area contributed by atoms with E-state index in [1.807, 2.05) is 30.3 Å². The number of halogens is 1. The van der Waals surface area contributed by atoms with Crippen molar-refractivity contribution in [1.82, 2.24) is 0 Å². The number of carbonyl (C=O) groups excluding carboxylic acids is 2. The number of ether oxygens (including phenoxy) is 2. The van der Waals surface area contributed by atoms with Crippen LogP contribution in [0.1, 0.15) is 18.9 Å². The lowest BCUT2D eigenvalue weighted by atomic mass is 10.1. The fourth-order valence-electron chi connectivity index (χ4n) is 3.64. The van der Waals surface area contributed by atoms with E-state index in [0.29, 0.717) is 42.3 Å². The van der Waals surface area contributed by atoms with Gasteiger partial charge in [0.1, 0.15) is 17.3 Å². The Kier molecular flexibility index (Phi) is 6.88. The average molecular weight is 448 g/mol. The first-order chi connectivity index (χ1) is 16.0. The van der Waals surface area contributed by atoms with Crippen LogP contribution in [0.5, 0.6) is 11.5 Å². The highest BCUT2D eigenvalue weighted by molar-refractivity contribution is 6.01. The molecule has 1 N–H and O–H groups in total. The molecule has 0 spiro atoms. The molecule has 4 rings (SSSR count). The van der Waals surface area contributed by atoms with E-state index < -0.39 is 6.10 Å². The van der Waals surface area contributed by atoms with Crippen molar-refractivity contribution in [1.29, 1.82) is 0 Å². The van der Waals surface area contributed by atoms with E-state index in [4.69, 9.17) is 9.47 Å². The van der Waals surface area contributed by atoms with Gasteiger partial charge in [0, 0.05) is 12.2 Å². The summed E-state index contributed by atoms with van der Waals surface area (Å²) in [5.74, 6) is 0.646. The number of nitrogens with one attached hydrogen (secondary N) is 1. The van der Waals surface area contributed by atoms with E-state index in [1.165, 1.54) is 12.1 Å². The molecule has 0 aromatic heterocycles. The largest absolute Gasteiger partial charge is 0.494 e. The minimum Gasteiger partial charge on any atom is -0.494 e. The van der Waals surface area contributed by atoms with Crippen molar-refractivity contribution in [2.75, 3.05) is 23.4 Å². The number of hydrogen-bond donors (Lipinski definition) is 1. The first-order valence-corrected chi connectivity index (χ1v) is 10.8. The molecule has 0 saturated carbocycles. The minimum atomic E-state index is -0.591. The minimum absolute atomic E-state index is 0.115. The Bertz CT molecular complexity index is 1120. The van der Waals surface area contributed by atoms with E-state index in [9.17, 15) is 14.0 Å². The molecule has 0 radical (unpaired) electrons. The fraction of sp³-hybridized carbons (Fsp3) is 0.231. The third kappa shape index (κ3) is 5.68. The molecule has 33 heavy (non-hydrogen) atoms. The van der Waals surface area contributed by atoms with E-state index in [1.54, 1.807) is 42.2 Å². The van der Waals surface area contributed by atoms with Gasteiger partial charge in [-0.15, -0.1) is 0 Å². The van der Waals surface area contributed by atoms with Gasteiger partial charge in [0.25, 0.3) is 5.91 Å². The predicted molar refractivity (Wildman–Crippen MR) is 124 cm³/mol. The lowest BCUT2D eigenvalue weighted by Gasteiger charge is -2.33. The summed E-state index contributed by atoms with van der Waals surface area (Å²) in [5.41, 5.74) is 1.87. The second-order valence-corrected chi connectivity index (χ2v) is 7.80. The molecule has 0 aliphatic carbocycles. The summed E-state index contributed by atoms with van der Waals surface area (Å²) >= 11 is 0. The maximum atomic E-state index is 13.1. The Morgan fingerprint density at radius 1 is 1.09 bits per heavy atom. The SMILES string of the molecule is CC1Oc2ccc(NC(=O)Cc3ccc(F)cc3)cc2N(CCCOc2ccccc2)C1=O. The van der Waals surface area contributed by atoms with Gasteiger partial charge in [-0.3, -0.25) is 9.59 Å². The first kappa shape index (κ1) is 22.3. The number of fused-ring (bicyclic) bond motifs is 1. The van der Waals surface area contributed by atoms with Gasteiger partial charge in [-0.1, -0.05) is 30.3 Å². The van der Waals surface area contributed by atoms with E-state index in [2.05, 4.69) is 5.32 Å². The average Bonchev–Trinajstić information content (AvgIpc) is 2.81. The molecule has 7 heteroatoms. The summed E-state index contributed by atoms with van der Waals surface area (Å²) in [7, 11) is 0. The zero-order valence-electron chi connectivity index (χ0n) is 18.3. The van der Waals surface area contributed by atoms with Crippen molar-refractivity contribution in [3.63, 3.8) is 0 Å². The molecule has 6 nitrogen and oxygen atoms in total. The second-order valence-electron chi connectivity index (χ2n) is 7.80. The Hall–Kier alpha value is -3.87. The first-order valence-electron chi connectivity index (χ1n) is 10.8. The number of benzene rings is 3. The molecule has 0 bridgehead atoms. The van der Waals surface area contributed by atoms with Crippen LogP contribution in [0.25, 0.3) is 0 Å². The Morgan fingerprint density at radius 2 is 1.85 bits per heavy atom. The topological polar surface area (TPSA) is 67.9 Å². The molecule has 2 amide bonds. The van der Waals surface area contributed by atoms with Gasteiger partial charge in [0.2, 0.25) is 5.91 Å². The predicted octanol–water partition coefficient (Wildman–Crippen LogP) is 4.59. The molecule has 1 aliphatic heterocycles. The summed E-state index contributed by atoms with van der Waals surface area (Å²) in [4.78, 5) is 26.9. The molecule has 0 fully saturated rings. The number of rotatable bonds is 8. The molecule has 1 aliphatic rings. The van der Waals surface area contributed by atoms with Crippen LogP contribution in [0.4, 0.5) is 15.8 Å². The highest BCUT2D eigenvalue weighted by Gasteiger charge is 2.31. The highest BCUT2D eigenvalue weighted by atomic mass is 19.1. The van der Waals surface area contributed by atoms with Crippen LogP contribution in [0.3, 0.4) is 0 Å². The Morgan fingerprint density at radius 3 is 2.61 bits per heavy atom.